The second kappa shape index (κ2) is 161. The molecular weight excluding hydrogens is 241 g/mol. The van der Waals surface area contributed by atoms with Gasteiger partial charge < -0.3 is 21.9 Å². The van der Waals surface area contributed by atoms with Gasteiger partial charge in [-0.15, -0.1) is 0 Å². The van der Waals surface area contributed by atoms with Gasteiger partial charge in [0.05, 0.1) is 0 Å². The van der Waals surface area contributed by atoms with Crippen LogP contribution in [0.5, 0.6) is 0 Å². The summed E-state index contributed by atoms with van der Waals surface area (Å²) in [5.41, 5.74) is 0. The largest absolute Gasteiger partial charge is 2.00 e. The van der Waals surface area contributed by atoms with Crippen LogP contribution in [-0.4, -0.2) is 16.4 Å². The van der Waals surface area contributed by atoms with Gasteiger partial charge in [-0.05, 0) is 0 Å². The Morgan fingerprint density at radius 2 is 0.429 bits per heavy atom. The Bertz CT molecular complexity index is 6.90. The first-order valence-corrected chi connectivity index (χ1v) is 0. The zero-order valence-electron chi connectivity index (χ0n) is 2.75. The molecule has 0 aliphatic heterocycles. The molecule has 3 N–H and O–H groups in total. The van der Waals surface area contributed by atoms with E-state index in [9.17, 15) is 0 Å². The maximum atomic E-state index is 0. The molecule has 0 aromatic rings. The third kappa shape index (κ3) is 114. The summed E-state index contributed by atoms with van der Waals surface area (Å²) in [4.78, 5) is 0. The summed E-state index contributed by atoms with van der Waals surface area (Å²) in [6, 6.07) is 0. The van der Waals surface area contributed by atoms with E-state index in [1.807, 2.05) is 0 Å². The molecule has 0 unspecified atom stereocenters. The van der Waals surface area contributed by atoms with E-state index in [0.717, 1.165) is 0 Å². The van der Waals surface area contributed by atoms with Crippen molar-refractivity contribution in [3.05, 3.63) is 0 Å². The van der Waals surface area contributed by atoms with Crippen LogP contribution in [0.4, 0.5) is 0 Å². The van der Waals surface area contributed by atoms with Crippen molar-refractivity contribution in [1.82, 2.24) is 0 Å². The fourth-order valence-corrected chi connectivity index (χ4v) is 0. The molecule has 0 fully saturated rings. The summed E-state index contributed by atoms with van der Waals surface area (Å²) in [6.45, 7) is 0. The van der Waals surface area contributed by atoms with Gasteiger partial charge in [0.2, 0.25) is 0 Å². The van der Waals surface area contributed by atoms with Gasteiger partial charge in [-0.2, -0.15) is 0 Å². The molecule has 0 rings (SSSR count). The maximum absolute atomic E-state index is 0. The van der Waals surface area contributed by atoms with Gasteiger partial charge in [-0.3, -0.25) is 0 Å². The Kier molecular flexibility index (Phi) is 5640. The van der Waals surface area contributed by atoms with Crippen molar-refractivity contribution in [2.75, 3.05) is 0 Å². The Balaban J connectivity index is 0. The number of rotatable bonds is 0. The van der Waals surface area contributed by atoms with Crippen LogP contribution in [0.2, 0.25) is 0 Å². The van der Waals surface area contributed by atoms with Gasteiger partial charge in [0.25, 0.3) is 0 Å². The molecule has 0 bridgehead atoms. The standard InChI is InChI=1S/3Co.3H2O.O/h;;;3*1H2;/q;;;;;;-2/p-3. The number of hydrogen-bond acceptors (Lipinski definition) is 3. The Morgan fingerprint density at radius 3 is 0.429 bits per heavy atom. The van der Waals surface area contributed by atoms with E-state index in [2.05, 4.69) is 0 Å². The third-order valence-corrected chi connectivity index (χ3v) is 0. The van der Waals surface area contributed by atoms with Gasteiger partial charge in [0.15, 0.2) is 0 Å². The molecule has 0 aromatic carbocycles. The van der Waals surface area contributed by atoms with E-state index in [-0.39, 0.29) is 72.2 Å². The van der Waals surface area contributed by atoms with Crippen LogP contribution in [0.3, 0.4) is 0 Å². The average molecular weight is 244 g/mol. The molecule has 4 nitrogen and oxygen atoms in total. The molecule has 0 aliphatic rings. The Morgan fingerprint density at radius 1 is 0.429 bits per heavy atom. The van der Waals surface area contributed by atoms with Crippen molar-refractivity contribution in [2.24, 2.45) is 0 Å². The van der Waals surface area contributed by atoms with Crippen LogP contribution >= 0.6 is 0 Å². The van der Waals surface area contributed by atoms with Crippen LogP contribution < -0.4 is 0 Å². The molecule has 0 aliphatic carbocycles. The molecular formula is H3Co3O4-5. The van der Waals surface area contributed by atoms with Gasteiger partial charge in [0.1, 0.15) is 0 Å². The fourth-order valence-electron chi connectivity index (χ4n) is 0. The van der Waals surface area contributed by atoms with Crippen LogP contribution in [0.1, 0.15) is 0 Å². The van der Waals surface area contributed by atoms with Crippen molar-refractivity contribution >= 4 is 0 Å². The molecule has 0 atom stereocenters. The predicted molar refractivity (Wildman–Crippen MR) is 6.49 cm³/mol. The Labute approximate surface area is 72.3 Å². The minimum atomic E-state index is 0. The van der Waals surface area contributed by atoms with Crippen molar-refractivity contribution in [2.45, 2.75) is 0 Å². The minimum Gasteiger partial charge on any atom is -2.00 e. The van der Waals surface area contributed by atoms with E-state index in [4.69, 9.17) is 0 Å². The maximum Gasteiger partial charge on any atom is 0 e. The first-order valence-electron chi connectivity index (χ1n) is 0. The van der Waals surface area contributed by atoms with Crippen LogP contribution in [0, 0.1) is 0 Å². The summed E-state index contributed by atoms with van der Waals surface area (Å²) in [7, 11) is 0. The average Bonchev–Trinajstić information content (AvgIpc) is 0. The Hall–Kier alpha value is 1.36. The zero-order valence-corrected chi connectivity index (χ0v) is 5.87. The quantitative estimate of drug-likeness (QED) is 0.562. The van der Waals surface area contributed by atoms with E-state index in [1.165, 1.54) is 0 Å². The minimum absolute atomic E-state index is 0. The molecule has 7 heteroatoms. The van der Waals surface area contributed by atoms with Crippen LogP contribution in [0.15, 0.2) is 0 Å². The summed E-state index contributed by atoms with van der Waals surface area (Å²) in [5, 5.41) is 0. The molecule has 0 aromatic heterocycles. The molecule has 0 heterocycles. The molecule has 0 saturated carbocycles. The summed E-state index contributed by atoms with van der Waals surface area (Å²) in [5.74, 6) is 0. The predicted octanol–water partition coefficient (Wildman–Crippen LogP) is -0.657. The zero-order chi connectivity index (χ0) is 0. The summed E-state index contributed by atoms with van der Waals surface area (Å²) >= 11 is 0. The van der Waals surface area contributed by atoms with Gasteiger partial charge in [-0.25, -0.2) is 0 Å². The van der Waals surface area contributed by atoms with Gasteiger partial charge in [-0.1, -0.05) is 0 Å². The second-order valence-electron chi connectivity index (χ2n) is 0. The van der Waals surface area contributed by atoms with E-state index in [0.29, 0.717) is 0 Å². The van der Waals surface area contributed by atoms with Gasteiger partial charge >= 0.3 is 0 Å². The van der Waals surface area contributed by atoms with Crippen molar-refractivity contribution in [1.29, 1.82) is 0 Å². The first-order chi connectivity index (χ1) is 0. The molecule has 7 heavy (non-hydrogen) atoms. The number of hydrogen-bond donors (Lipinski definition) is 0. The second-order valence-corrected chi connectivity index (χ2v) is 0. The van der Waals surface area contributed by atoms with Crippen molar-refractivity contribution in [3.8, 4) is 0 Å². The monoisotopic (exact) mass is 244 g/mol. The van der Waals surface area contributed by atoms with E-state index >= 15 is 0 Å². The smallest absolute Gasteiger partial charge is 0 e. The van der Waals surface area contributed by atoms with Gasteiger partial charge in [0, 0.05) is 50.3 Å². The van der Waals surface area contributed by atoms with Crippen LogP contribution in [0.25, 0.3) is 0 Å². The molecule has 0 amide bonds. The summed E-state index contributed by atoms with van der Waals surface area (Å²) in [6.07, 6.45) is 0. The van der Waals surface area contributed by atoms with Crippen molar-refractivity contribution in [3.63, 3.8) is 0 Å². The van der Waals surface area contributed by atoms with E-state index < -0.39 is 0 Å². The van der Waals surface area contributed by atoms with Crippen molar-refractivity contribution < 1.29 is 72.2 Å². The fraction of sp³-hybridized carbons (Fsp3) is 0. The molecule has 0 spiro atoms. The molecule has 3 radical (unpaired) electrons. The van der Waals surface area contributed by atoms with Crippen LogP contribution in [-0.2, 0) is 55.8 Å². The van der Waals surface area contributed by atoms with E-state index in [1.54, 1.807) is 0 Å². The SMILES string of the molecule is [Co].[Co].[Co].[O-2].[OH-].[OH-].[OH-]. The summed E-state index contributed by atoms with van der Waals surface area (Å²) < 4.78 is 0. The molecule has 0 saturated heterocycles. The molecule has 59 valence electrons. The topological polar surface area (TPSA) is 118 Å². The first kappa shape index (κ1) is 245. The normalized spacial score (nSPS) is 0. The third-order valence-electron chi connectivity index (χ3n) is 0.